The zero-order chi connectivity index (χ0) is 14.7. The van der Waals surface area contributed by atoms with E-state index in [1.165, 1.54) is 0 Å². The molecule has 2 rings (SSSR count). The Bertz CT molecular complexity index is 704. The zero-order valence-corrected chi connectivity index (χ0v) is 12.2. The van der Waals surface area contributed by atoms with Crippen molar-refractivity contribution >= 4 is 29.0 Å². The van der Waals surface area contributed by atoms with Gasteiger partial charge in [-0.25, -0.2) is 0 Å². The van der Waals surface area contributed by atoms with E-state index < -0.39 is 5.92 Å². The fourth-order valence-electron chi connectivity index (χ4n) is 1.89. The molecule has 2 aromatic carbocycles. The average Bonchev–Trinajstić information content (AvgIpc) is 2.44. The van der Waals surface area contributed by atoms with Crippen molar-refractivity contribution in [1.82, 2.24) is 0 Å². The third kappa shape index (κ3) is 2.85. The number of carbonyl (C=O) groups excluding carboxylic acids is 1. The maximum atomic E-state index is 12.5. The number of hydrogen-bond acceptors (Lipinski definition) is 2. The maximum absolute atomic E-state index is 12.5. The first-order valence-corrected chi connectivity index (χ1v) is 6.74. The van der Waals surface area contributed by atoms with Gasteiger partial charge in [0.15, 0.2) is 5.78 Å². The van der Waals surface area contributed by atoms with E-state index in [2.05, 4.69) is 0 Å². The molecular formula is C16H11Cl2NO. The minimum Gasteiger partial charge on any atom is -0.292 e. The predicted octanol–water partition coefficient (Wildman–Crippen LogP) is 4.79. The zero-order valence-electron chi connectivity index (χ0n) is 10.7. The topological polar surface area (TPSA) is 40.9 Å². The Morgan fingerprint density at radius 2 is 1.85 bits per heavy atom. The van der Waals surface area contributed by atoms with Gasteiger partial charge in [-0.1, -0.05) is 53.5 Å². The molecule has 0 aliphatic carbocycles. The number of nitriles is 1. The van der Waals surface area contributed by atoms with Crippen LogP contribution < -0.4 is 0 Å². The van der Waals surface area contributed by atoms with Crippen LogP contribution in [0.1, 0.15) is 27.4 Å². The molecule has 0 saturated heterocycles. The van der Waals surface area contributed by atoms with E-state index in [1.807, 2.05) is 13.0 Å². The van der Waals surface area contributed by atoms with E-state index >= 15 is 0 Å². The minimum atomic E-state index is -0.928. The van der Waals surface area contributed by atoms with Gasteiger partial charge in [0.25, 0.3) is 0 Å². The molecule has 20 heavy (non-hydrogen) atoms. The number of halogens is 2. The molecule has 0 radical (unpaired) electrons. The summed E-state index contributed by atoms with van der Waals surface area (Å²) < 4.78 is 0. The van der Waals surface area contributed by atoms with Crippen LogP contribution in [0.25, 0.3) is 0 Å². The average molecular weight is 304 g/mol. The van der Waals surface area contributed by atoms with Crippen LogP contribution in [0.4, 0.5) is 0 Å². The van der Waals surface area contributed by atoms with Crippen molar-refractivity contribution in [3.05, 3.63) is 69.2 Å². The van der Waals surface area contributed by atoms with E-state index in [0.29, 0.717) is 21.2 Å². The number of ketones is 1. The summed E-state index contributed by atoms with van der Waals surface area (Å²) in [6, 6.07) is 13.9. The number of nitrogens with zero attached hydrogens (tertiary/aromatic N) is 1. The van der Waals surface area contributed by atoms with Crippen LogP contribution in [0.5, 0.6) is 0 Å². The Morgan fingerprint density at radius 3 is 2.45 bits per heavy atom. The fraction of sp³-hybridized carbons (Fsp3) is 0.125. The molecule has 0 fully saturated rings. The van der Waals surface area contributed by atoms with Gasteiger partial charge < -0.3 is 0 Å². The monoisotopic (exact) mass is 303 g/mol. The third-order valence-electron chi connectivity index (χ3n) is 3.06. The lowest BCUT2D eigenvalue weighted by molar-refractivity contribution is 0.0979. The number of Topliss-reactive ketones (excluding diaryl/α,β-unsaturated/α-hetero) is 1. The summed E-state index contributed by atoms with van der Waals surface area (Å²) in [6.07, 6.45) is 0. The van der Waals surface area contributed by atoms with Gasteiger partial charge in [-0.15, -0.1) is 0 Å². The first-order valence-electron chi connectivity index (χ1n) is 5.99. The molecule has 0 spiro atoms. The molecule has 0 bridgehead atoms. The summed E-state index contributed by atoms with van der Waals surface area (Å²) in [4.78, 5) is 12.5. The van der Waals surface area contributed by atoms with Crippen molar-refractivity contribution < 1.29 is 4.79 Å². The number of rotatable bonds is 3. The molecule has 0 N–H and O–H groups in total. The van der Waals surface area contributed by atoms with E-state index in [9.17, 15) is 10.1 Å². The third-order valence-corrected chi connectivity index (χ3v) is 3.82. The molecule has 2 nitrogen and oxygen atoms in total. The van der Waals surface area contributed by atoms with Gasteiger partial charge in [-0.05, 0) is 30.2 Å². The summed E-state index contributed by atoms with van der Waals surface area (Å²) in [5, 5.41) is 10.2. The lowest BCUT2D eigenvalue weighted by atomic mass is 9.91. The van der Waals surface area contributed by atoms with Crippen molar-refractivity contribution in [2.75, 3.05) is 0 Å². The number of carbonyl (C=O) groups is 1. The molecule has 1 unspecified atom stereocenters. The highest BCUT2D eigenvalue weighted by atomic mass is 35.5. The van der Waals surface area contributed by atoms with Gasteiger partial charge in [0.1, 0.15) is 5.92 Å². The molecule has 2 aromatic rings. The highest BCUT2D eigenvalue weighted by molar-refractivity contribution is 6.32. The Hall–Kier alpha value is -1.82. The highest BCUT2D eigenvalue weighted by Gasteiger charge is 2.24. The second-order valence-electron chi connectivity index (χ2n) is 4.41. The Morgan fingerprint density at radius 1 is 1.15 bits per heavy atom. The summed E-state index contributed by atoms with van der Waals surface area (Å²) >= 11 is 12.1. The Labute approximate surface area is 127 Å². The van der Waals surface area contributed by atoms with Gasteiger partial charge in [0.2, 0.25) is 0 Å². The second-order valence-corrected chi connectivity index (χ2v) is 5.23. The van der Waals surface area contributed by atoms with Crippen molar-refractivity contribution in [2.24, 2.45) is 0 Å². The summed E-state index contributed by atoms with van der Waals surface area (Å²) in [5.74, 6) is -1.23. The molecule has 0 amide bonds. The highest BCUT2D eigenvalue weighted by Crippen LogP contribution is 2.28. The molecule has 4 heteroatoms. The van der Waals surface area contributed by atoms with Crippen LogP contribution in [-0.4, -0.2) is 5.78 Å². The van der Waals surface area contributed by atoms with E-state index in [4.69, 9.17) is 23.2 Å². The first kappa shape index (κ1) is 14.6. The van der Waals surface area contributed by atoms with Crippen molar-refractivity contribution in [3.63, 3.8) is 0 Å². The van der Waals surface area contributed by atoms with Crippen LogP contribution in [0.3, 0.4) is 0 Å². The van der Waals surface area contributed by atoms with Gasteiger partial charge >= 0.3 is 0 Å². The van der Waals surface area contributed by atoms with Crippen LogP contribution in [0, 0.1) is 18.3 Å². The second kappa shape index (κ2) is 6.09. The lowest BCUT2D eigenvalue weighted by Gasteiger charge is -2.11. The van der Waals surface area contributed by atoms with Crippen LogP contribution in [-0.2, 0) is 0 Å². The van der Waals surface area contributed by atoms with Gasteiger partial charge in [0, 0.05) is 15.6 Å². The van der Waals surface area contributed by atoms with Crippen LogP contribution in [0.15, 0.2) is 42.5 Å². The number of hydrogen-bond donors (Lipinski definition) is 0. The molecule has 100 valence electrons. The van der Waals surface area contributed by atoms with E-state index in [1.54, 1.807) is 42.5 Å². The van der Waals surface area contributed by atoms with Crippen LogP contribution >= 0.6 is 23.2 Å². The van der Waals surface area contributed by atoms with Crippen molar-refractivity contribution in [2.45, 2.75) is 12.8 Å². The van der Waals surface area contributed by atoms with Gasteiger partial charge in [0.05, 0.1) is 6.07 Å². The Kier molecular flexibility index (Phi) is 4.44. The standard InChI is InChI=1S/C16H11Cl2NO/c1-10-6-7-11(8-15(10)18)16(20)13(9-19)12-4-2-3-5-14(12)17/h2-8,13H,1H3. The molecular weight excluding hydrogens is 293 g/mol. The smallest absolute Gasteiger partial charge is 0.184 e. The maximum Gasteiger partial charge on any atom is 0.184 e. The van der Waals surface area contributed by atoms with Crippen molar-refractivity contribution in [3.8, 4) is 6.07 Å². The predicted molar refractivity (Wildman–Crippen MR) is 80.3 cm³/mol. The molecule has 0 aliphatic heterocycles. The SMILES string of the molecule is Cc1ccc(C(=O)C(C#N)c2ccccc2Cl)cc1Cl. The molecule has 0 aliphatic rings. The molecule has 0 aromatic heterocycles. The number of benzene rings is 2. The van der Waals surface area contributed by atoms with Gasteiger partial charge in [-0.2, -0.15) is 5.26 Å². The largest absolute Gasteiger partial charge is 0.292 e. The quantitative estimate of drug-likeness (QED) is 0.765. The molecule has 0 heterocycles. The molecule has 0 saturated carbocycles. The van der Waals surface area contributed by atoms with Crippen molar-refractivity contribution in [1.29, 1.82) is 5.26 Å². The summed E-state index contributed by atoms with van der Waals surface area (Å²) in [5.41, 5.74) is 1.81. The number of aryl methyl sites for hydroxylation is 1. The normalized spacial score (nSPS) is 11.7. The lowest BCUT2D eigenvalue weighted by Crippen LogP contribution is -2.11. The van der Waals surface area contributed by atoms with Crippen LogP contribution in [0.2, 0.25) is 10.0 Å². The minimum absolute atomic E-state index is 0.303. The molecule has 1 atom stereocenters. The fourth-order valence-corrected chi connectivity index (χ4v) is 2.32. The van der Waals surface area contributed by atoms with E-state index in [0.717, 1.165) is 5.56 Å². The van der Waals surface area contributed by atoms with Gasteiger partial charge in [-0.3, -0.25) is 4.79 Å². The summed E-state index contributed by atoms with van der Waals surface area (Å²) in [7, 11) is 0. The van der Waals surface area contributed by atoms with E-state index in [-0.39, 0.29) is 5.78 Å². The summed E-state index contributed by atoms with van der Waals surface area (Å²) in [6.45, 7) is 1.85. The Balaban J connectivity index is 2.42. The first-order chi connectivity index (χ1) is 9.54.